The quantitative estimate of drug-likeness (QED) is 0.342. The number of nitrogens with two attached hydrogens (primary N) is 1. The number of nitrogens with zero attached hydrogens (tertiary/aromatic N) is 1. The standard InChI is InChI=1S/C3H8N3/c1-2-6-3(4)5/h4H,2H2,1H3,(H2,5,6). The minimum Gasteiger partial charge on any atom is -0.369 e. The summed E-state index contributed by atoms with van der Waals surface area (Å²) in [7, 11) is 0. The molecule has 35 valence electrons. The van der Waals surface area contributed by atoms with E-state index in [2.05, 4.69) is 4.99 Å². The Balaban J connectivity index is 3.14. The highest BCUT2D eigenvalue weighted by Gasteiger charge is 1.70. The van der Waals surface area contributed by atoms with Crippen LogP contribution in [0, 0.1) is 0 Å². The molecule has 0 aromatic heterocycles. The molecule has 6 heavy (non-hydrogen) atoms. The summed E-state index contributed by atoms with van der Waals surface area (Å²) in [5.74, 6) is -0.0856. The summed E-state index contributed by atoms with van der Waals surface area (Å²) in [6.45, 7) is 2.44. The summed E-state index contributed by atoms with van der Waals surface area (Å²) >= 11 is 0. The lowest BCUT2D eigenvalue weighted by atomic mass is 10.8. The van der Waals surface area contributed by atoms with E-state index in [9.17, 15) is 0 Å². The average molecular weight is 86.1 g/mol. The maximum atomic E-state index is 6.51. The molecule has 3 N–H and O–H groups in total. The summed E-state index contributed by atoms with van der Waals surface area (Å²) in [5, 5.41) is 0. The van der Waals surface area contributed by atoms with Gasteiger partial charge in [0, 0.05) is 6.54 Å². The Morgan fingerprint density at radius 1 is 2.00 bits per heavy atom. The second-order valence-corrected chi connectivity index (χ2v) is 0.860. The van der Waals surface area contributed by atoms with Gasteiger partial charge in [-0.25, -0.2) is 0 Å². The van der Waals surface area contributed by atoms with Gasteiger partial charge in [0.05, 0.1) is 0 Å². The van der Waals surface area contributed by atoms with Crippen molar-refractivity contribution < 1.29 is 0 Å². The van der Waals surface area contributed by atoms with Crippen molar-refractivity contribution in [3.63, 3.8) is 0 Å². The maximum Gasteiger partial charge on any atom is 0.207 e. The van der Waals surface area contributed by atoms with Crippen LogP contribution in [0.15, 0.2) is 4.99 Å². The molecule has 0 saturated carbocycles. The molecule has 0 aliphatic carbocycles. The molecular formula is C3H8N3. The van der Waals surface area contributed by atoms with Crippen molar-refractivity contribution in [1.82, 2.24) is 5.73 Å². The molecule has 0 aliphatic rings. The van der Waals surface area contributed by atoms with Crippen LogP contribution in [0.1, 0.15) is 6.92 Å². The molecule has 0 heterocycles. The molecule has 0 aromatic carbocycles. The third-order valence-corrected chi connectivity index (χ3v) is 0.328. The second-order valence-electron chi connectivity index (χ2n) is 0.860. The van der Waals surface area contributed by atoms with Crippen LogP contribution in [0.2, 0.25) is 0 Å². The molecule has 0 fully saturated rings. The van der Waals surface area contributed by atoms with Crippen molar-refractivity contribution in [3.05, 3.63) is 0 Å². The fraction of sp³-hybridized carbons (Fsp3) is 0.667. The minimum atomic E-state index is -0.0856. The van der Waals surface area contributed by atoms with E-state index in [4.69, 9.17) is 11.5 Å². The molecule has 0 rings (SSSR count). The van der Waals surface area contributed by atoms with Gasteiger partial charge in [-0.2, -0.15) is 0 Å². The van der Waals surface area contributed by atoms with Crippen LogP contribution in [0.4, 0.5) is 0 Å². The summed E-state index contributed by atoms with van der Waals surface area (Å²) < 4.78 is 0. The van der Waals surface area contributed by atoms with Crippen LogP contribution in [-0.4, -0.2) is 12.5 Å². The first-order valence-electron chi connectivity index (χ1n) is 1.79. The Morgan fingerprint density at radius 2 is 2.50 bits per heavy atom. The molecule has 0 saturated heterocycles. The number of rotatable bonds is 1. The summed E-state index contributed by atoms with van der Waals surface area (Å²) in [6.07, 6.45) is 0. The van der Waals surface area contributed by atoms with Crippen LogP contribution in [0.25, 0.3) is 0 Å². The Kier molecular flexibility index (Phi) is 2.20. The number of nitrogens with one attached hydrogen (secondary N) is 1. The minimum absolute atomic E-state index is 0.0856. The largest absolute Gasteiger partial charge is 0.369 e. The van der Waals surface area contributed by atoms with Gasteiger partial charge < -0.3 is 5.73 Å². The molecule has 0 aliphatic heterocycles. The van der Waals surface area contributed by atoms with E-state index in [1.54, 1.807) is 0 Å². The second kappa shape index (κ2) is 2.50. The van der Waals surface area contributed by atoms with E-state index in [0.717, 1.165) is 0 Å². The summed E-state index contributed by atoms with van der Waals surface area (Å²) in [6, 6.07) is 0. The number of guanidine groups is 1. The van der Waals surface area contributed by atoms with E-state index < -0.39 is 0 Å². The van der Waals surface area contributed by atoms with Crippen LogP contribution >= 0.6 is 0 Å². The number of aliphatic imine (C=N–C) groups is 1. The normalized spacial score (nSPS) is 11.8. The molecule has 3 nitrogen and oxygen atoms in total. The van der Waals surface area contributed by atoms with Crippen molar-refractivity contribution in [2.75, 3.05) is 6.54 Å². The fourth-order valence-electron chi connectivity index (χ4n) is 0.170. The van der Waals surface area contributed by atoms with Gasteiger partial charge in [-0.15, -0.1) is 0 Å². The van der Waals surface area contributed by atoms with Crippen molar-refractivity contribution >= 4 is 5.96 Å². The predicted molar refractivity (Wildman–Crippen MR) is 25.3 cm³/mol. The third kappa shape index (κ3) is 3.27. The zero-order chi connectivity index (χ0) is 4.99. The lowest BCUT2D eigenvalue weighted by Crippen LogP contribution is -2.11. The van der Waals surface area contributed by atoms with Crippen LogP contribution in [0.3, 0.4) is 0 Å². The molecule has 3 heteroatoms. The van der Waals surface area contributed by atoms with Gasteiger partial charge in [-0.05, 0) is 6.92 Å². The average Bonchev–Trinajstić information content (AvgIpc) is 1.35. The molecule has 0 spiro atoms. The summed E-state index contributed by atoms with van der Waals surface area (Å²) in [4.78, 5) is 3.49. The Hall–Kier alpha value is -0.730. The molecule has 1 radical (unpaired) electrons. The van der Waals surface area contributed by atoms with Crippen LogP contribution in [0.5, 0.6) is 0 Å². The highest BCUT2D eigenvalue weighted by molar-refractivity contribution is 5.74. The fourth-order valence-corrected chi connectivity index (χ4v) is 0.170. The van der Waals surface area contributed by atoms with E-state index in [-0.39, 0.29) is 5.96 Å². The zero-order valence-corrected chi connectivity index (χ0v) is 3.73. The lowest BCUT2D eigenvalue weighted by Gasteiger charge is -1.80. The van der Waals surface area contributed by atoms with Gasteiger partial charge in [0.15, 0.2) is 0 Å². The Morgan fingerprint density at radius 3 is 2.50 bits per heavy atom. The van der Waals surface area contributed by atoms with Gasteiger partial charge >= 0.3 is 0 Å². The van der Waals surface area contributed by atoms with Crippen molar-refractivity contribution in [1.29, 1.82) is 0 Å². The van der Waals surface area contributed by atoms with E-state index in [0.29, 0.717) is 6.54 Å². The van der Waals surface area contributed by atoms with E-state index in [1.807, 2.05) is 6.92 Å². The number of hydrogen-bond acceptors (Lipinski definition) is 1. The van der Waals surface area contributed by atoms with E-state index >= 15 is 0 Å². The van der Waals surface area contributed by atoms with Gasteiger partial charge in [0.1, 0.15) is 0 Å². The molecular weight excluding hydrogens is 78.1 g/mol. The highest BCUT2D eigenvalue weighted by atomic mass is 15.0. The lowest BCUT2D eigenvalue weighted by molar-refractivity contribution is 1.11. The Bertz CT molecular complexity index is 53.1. The first-order valence-corrected chi connectivity index (χ1v) is 1.79. The van der Waals surface area contributed by atoms with Crippen LogP contribution < -0.4 is 11.5 Å². The van der Waals surface area contributed by atoms with Crippen molar-refractivity contribution in [3.8, 4) is 0 Å². The molecule has 0 aromatic rings. The van der Waals surface area contributed by atoms with Crippen molar-refractivity contribution in [2.24, 2.45) is 10.7 Å². The maximum absolute atomic E-state index is 6.51. The smallest absolute Gasteiger partial charge is 0.207 e. The molecule has 0 unspecified atom stereocenters. The highest BCUT2D eigenvalue weighted by Crippen LogP contribution is 1.59. The topological polar surface area (TPSA) is 62.2 Å². The molecule has 0 bridgehead atoms. The molecule has 0 amide bonds. The first kappa shape index (κ1) is 5.27. The monoisotopic (exact) mass is 86.1 g/mol. The summed E-state index contributed by atoms with van der Waals surface area (Å²) in [5.41, 5.74) is 11.3. The van der Waals surface area contributed by atoms with Gasteiger partial charge in [0.2, 0.25) is 5.96 Å². The SMILES string of the molecule is CC/N=C(\[NH])N. The predicted octanol–water partition coefficient (Wildman–Crippen LogP) is -0.396. The van der Waals surface area contributed by atoms with Gasteiger partial charge in [0.25, 0.3) is 0 Å². The molecule has 0 atom stereocenters. The van der Waals surface area contributed by atoms with Crippen LogP contribution in [-0.2, 0) is 0 Å². The van der Waals surface area contributed by atoms with Crippen molar-refractivity contribution in [2.45, 2.75) is 6.92 Å². The van der Waals surface area contributed by atoms with E-state index in [1.165, 1.54) is 0 Å². The number of hydrogen-bond donors (Lipinski definition) is 1. The first-order chi connectivity index (χ1) is 2.77. The zero-order valence-electron chi connectivity index (χ0n) is 3.73. The van der Waals surface area contributed by atoms with Gasteiger partial charge in [-0.3, -0.25) is 10.7 Å². The Labute approximate surface area is 37.0 Å². The third-order valence-electron chi connectivity index (χ3n) is 0.328. The van der Waals surface area contributed by atoms with Gasteiger partial charge in [-0.1, -0.05) is 0 Å².